The lowest BCUT2D eigenvalue weighted by Gasteiger charge is -1.95. The van der Waals surface area contributed by atoms with Crippen LogP contribution < -0.4 is 0 Å². The molecule has 0 fully saturated rings. The van der Waals surface area contributed by atoms with Gasteiger partial charge in [-0.3, -0.25) is 4.09 Å². The molecule has 0 saturated heterocycles. The highest BCUT2D eigenvalue weighted by atomic mass is 35.5. The number of rotatable bonds is 1. The van der Waals surface area contributed by atoms with E-state index in [-0.39, 0.29) is 0 Å². The Labute approximate surface area is 76.7 Å². The average Bonchev–Trinajstić information content (AvgIpc) is 2.44. The number of aromatic nitrogens is 1. The zero-order chi connectivity index (χ0) is 8.55. The van der Waals surface area contributed by atoms with Gasteiger partial charge < -0.3 is 0 Å². The summed E-state index contributed by atoms with van der Waals surface area (Å²) in [6.45, 7) is 3.81. The second-order valence-electron chi connectivity index (χ2n) is 2.73. The van der Waals surface area contributed by atoms with E-state index < -0.39 is 0 Å². The first-order valence-corrected chi connectivity index (χ1v) is 4.21. The van der Waals surface area contributed by atoms with Crippen LogP contribution in [0.4, 0.5) is 0 Å². The van der Waals surface area contributed by atoms with Crippen molar-refractivity contribution in [3.63, 3.8) is 0 Å². The summed E-state index contributed by atoms with van der Waals surface area (Å²) >= 11 is 6.03. The molecular weight excluding hydrogens is 170 g/mol. The Morgan fingerprint density at radius 1 is 1.33 bits per heavy atom. The molecule has 0 aliphatic carbocycles. The molecule has 1 heterocycles. The summed E-state index contributed by atoms with van der Waals surface area (Å²) < 4.78 is 1.67. The minimum atomic E-state index is 0.720. The quantitative estimate of drug-likeness (QED) is 0.633. The maximum atomic E-state index is 6.03. The van der Waals surface area contributed by atoms with Crippen molar-refractivity contribution in [3.05, 3.63) is 42.9 Å². The summed E-state index contributed by atoms with van der Waals surface area (Å²) in [7, 11) is 0. The van der Waals surface area contributed by atoms with E-state index in [1.807, 2.05) is 24.3 Å². The van der Waals surface area contributed by atoms with Crippen LogP contribution in [0.2, 0.25) is 0 Å². The lowest BCUT2D eigenvalue weighted by Crippen LogP contribution is -1.86. The summed E-state index contributed by atoms with van der Waals surface area (Å²) in [4.78, 5) is 0. The molecule has 2 heteroatoms. The predicted molar refractivity (Wildman–Crippen MR) is 52.3 cm³/mol. The standard InChI is InChI=1S/C10H9ClN/c1-2-9-7-8-5-3-4-6-10(8)12(9)11/h3-7H,1-2H2. The van der Waals surface area contributed by atoms with Gasteiger partial charge in [-0.1, -0.05) is 18.2 Å². The number of para-hydroxylation sites is 1. The van der Waals surface area contributed by atoms with Crippen molar-refractivity contribution in [2.75, 3.05) is 0 Å². The monoisotopic (exact) mass is 178 g/mol. The summed E-state index contributed by atoms with van der Waals surface area (Å²) in [5, 5.41) is 1.17. The van der Waals surface area contributed by atoms with E-state index in [1.54, 1.807) is 4.09 Å². The molecule has 0 unspecified atom stereocenters. The fourth-order valence-corrected chi connectivity index (χ4v) is 1.64. The fourth-order valence-electron chi connectivity index (χ4n) is 1.35. The fraction of sp³-hybridized carbons (Fsp3) is 0.100. The number of halogens is 1. The molecule has 0 N–H and O–H groups in total. The van der Waals surface area contributed by atoms with E-state index in [2.05, 4.69) is 13.0 Å². The van der Waals surface area contributed by atoms with E-state index >= 15 is 0 Å². The highest BCUT2D eigenvalue weighted by molar-refractivity contribution is 6.19. The van der Waals surface area contributed by atoms with Gasteiger partial charge >= 0.3 is 0 Å². The van der Waals surface area contributed by atoms with Crippen LogP contribution in [0.1, 0.15) is 5.69 Å². The van der Waals surface area contributed by atoms with Crippen molar-refractivity contribution in [3.8, 4) is 0 Å². The van der Waals surface area contributed by atoms with E-state index in [0.717, 1.165) is 17.6 Å². The first kappa shape index (κ1) is 7.69. The van der Waals surface area contributed by atoms with Crippen molar-refractivity contribution in [2.24, 2.45) is 0 Å². The molecule has 1 nitrogen and oxygen atoms in total. The van der Waals surface area contributed by atoms with Crippen LogP contribution in [-0.4, -0.2) is 4.09 Å². The van der Waals surface area contributed by atoms with Crippen LogP contribution >= 0.6 is 11.8 Å². The summed E-state index contributed by atoms with van der Waals surface area (Å²) in [5.41, 5.74) is 2.11. The van der Waals surface area contributed by atoms with Gasteiger partial charge in [0.15, 0.2) is 0 Å². The highest BCUT2D eigenvalue weighted by Gasteiger charge is 2.03. The van der Waals surface area contributed by atoms with Gasteiger partial charge in [-0.05, 0) is 25.5 Å². The minimum Gasteiger partial charge on any atom is -0.257 e. The molecule has 1 radical (unpaired) electrons. The number of hydrogen-bond donors (Lipinski definition) is 0. The lowest BCUT2D eigenvalue weighted by atomic mass is 10.2. The Kier molecular flexibility index (Phi) is 1.81. The molecule has 0 spiro atoms. The topological polar surface area (TPSA) is 4.93 Å². The summed E-state index contributed by atoms with van der Waals surface area (Å²) in [6.07, 6.45) is 0.720. The van der Waals surface area contributed by atoms with E-state index in [9.17, 15) is 0 Å². The van der Waals surface area contributed by atoms with Crippen LogP contribution in [0.3, 0.4) is 0 Å². The molecule has 1 aromatic carbocycles. The van der Waals surface area contributed by atoms with Gasteiger partial charge in [-0.15, -0.1) is 0 Å². The van der Waals surface area contributed by atoms with Gasteiger partial charge in [0.25, 0.3) is 0 Å². The van der Waals surface area contributed by atoms with Gasteiger partial charge in [0.05, 0.1) is 5.52 Å². The lowest BCUT2D eigenvalue weighted by molar-refractivity contribution is 1.11. The molecule has 0 amide bonds. The number of fused-ring (bicyclic) bond motifs is 1. The second-order valence-corrected chi connectivity index (χ2v) is 3.06. The van der Waals surface area contributed by atoms with Gasteiger partial charge in [0.1, 0.15) is 0 Å². The van der Waals surface area contributed by atoms with Crippen molar-refractivity contribution >= 4 is 22.7 Å². The van der Waals surface area contributed by atoms with Crippen LogP contribution in [0.25, 0.3) is 10.9 Å². The van der Waals surface area contributed by atoms with Gasteiger partial charge in [0.2, 0.25) is 0 Å². The molecule has 2 aromatic rings. The summed E-state index contributed by atoms with van der Waals surface area (Å²) in [6, 6.07) is 10.1. The van der Waals surface area contributed by atoms with Crippen LogP contribution in [0.5, 0.6) is 0 Å². The van der Waals surface area contributed by atoms with Crippen molar-refractivity contribution in [2.45, 2.75) is 6.42 Å². The van der Waals surface area contributed by atoms with Crippen LogP contribution in [-0.2, 0) is 6.42 Å². The smallest absolute Gasteiger partial charge is 0.0650 e. The molecule has 0 bridgehead atoms. The van der Waals surface area contributed by atoms with Crippen LogP contribution in [0, 0.1) is 6.92 Å². The molecule has 0 aliphatic rings. The Bertz CT molecular complexity index is 403. The Hall–Kier alpha value is -0.950. The molecule has 0 aliphatic heterocycles. The SMILES string of the molecule is [CH2]Cc1cc2ccccc2n1Cl. The third kappa shape index (κ3) is 1.01. The van der Waals surface area contributed by atoms with Crippen molar-refractivity contribution < 1.29 is 0 Å². The van der Waals surface area contributed by atoms with E-state index in [4.69, 9.17) is 11.8 Å². The highest BCUT2D eigenvalue weighted by Crippen LogP contribution is 2.20. The summed E-state index contributed by atoms with van der Waals surface area (Å²) in [5.74, 6) is 0. The zero-order valence-corrected chi connectivity index (χ0v) is 7.38. The van der Waals surface area contributed by atoms with Gasteiger partial charge in [-0.2, -0.15) is 0 Å². The Morgan fingerprint density at radius 2 is 2.08 bits per heavy atom. The largest absolute Gasteiger partial charge is 0.257 e. The average molecular weight is 179 g/mol. The van der Waals surface area contributed by atoms with E-state index in [1.165, 1.54) is 5.39 Å². The molecule has 1 aromatic heterocycles. The second kappa shape index (κ2) is 2.83. The van der Waals surface area contributed by atoms with Crippen molar-refractivity contribution in [1.29, 1.82) is 0 Å². The van der Waals surface area contributed by atoms with Gasteiger partial charge in [0, 0.05) is 22.9 Å². The predicted octanol–water partition coefficient (Wildman–Crippen LogP) is 3.02. The first-order chi connectivity index (χ1) is 5.83. The number of hydrogen-bond acceptors (Lipinski definition) is 0. The molecule has 0 saturated carbocycles. The minimum absolute atomic E-state index is 0.720. The molecule has 12 heavy (non-hydrogen) atoms. The van der Waals surface area contributed by atoms with Crippen molar-refractivity contribution in [1.82, 2.24) is 4.09 Å². The molecular formula is C10H9ClN. The maximum absolute atomic E-state index is 6.03. The van der Waals surface area contributed by atoms with Crippen LogP contribution in [0.15, 0.2) is 30.3 Å². The first-order valence-electron chi connectivity index (χ1n) is 3.87. The number of nitrogens with zero attached hydrogens (tertiary/aromatic N) is 1. The normalized spacial score (nSPS) is 10.8. The molecule has 61 valence electrons. The third-order valence-corrected chi connectivity index (χ3v) is 2.38. The van der Waals surface area contributed by atoms with E-state index in [0.29, 0.717) is 0 Å². The molecule has 2 rings (SSSR count). The maximum Gasteiger partial charge on any atom is 0.0650 e. The van der Waals surface area contributed by atoms with Gasteiger partial charge in [-0.25, -0.2) is 0 Å². The number of benzene rings is 1. The molecule has 0 atom stereocenters. The Morgan fingerprint density at radius 3 is 2.75 bits per heavy atom. The zero-order valence-electron chi connectivity index (χ0n) is 6.63. The Balaban J connectivity index is 2.78. The third-order valence-electron chi connectivity index (χ3n) is 1.98.